The Labute approximate surface area is 104 Å². The molecule has 1 saturated carbocycles. The van der Waals surface area contributed by atoms with Crippen LogP contribution >= 0.6 is 11.3 Å². The molecule has 17 heavy (non-hydrogen) atoms. The Morgan fingerprint density at radius 2 is 2.12 bits per heavy atom. The number of carbonyl (C=O) groups is 1. The van der Waals surface area contributed by atoms with E-state index >= 15 is 0 Å². The molecule has 3 heteroatoms. The lowest BCUT2D eigenvalue weighted by Crippen LogP contribution is -2.08. The van der Waals surface area contributed by atoms with Crippen LogP contribution in [0.4, 0.5) is 0 Å². The first kappa shape index (κ1) is 10.8. The molecule has 2 nitrogen and oxygen atoms in total. The van der Waals surface area contributed by atoms with Gasteiger partial charge >= 0.3 is 5.97 Å². The van der Waals surface area contributed by atoms with Gasteiger partial charge in [-0.3, -0.25) is 4.79 Å². The maximum atomic E-state index is 11.0. The third-order valence-corrected chi connectivity index (χ3v) is 4.91. The van der Waals surface area contributed by atoms with Crippen molar-refractivity contribution in [3.05, 3.63) is 35.2 Å². The number of carboxylic acid groups (broad SMARTS) is 1. The Hall–Kier alpha value is -1.35. The lowest BCUT2D eigenvalue weighted by Gasteiger charge is -2.05. The highest BCUT2D eigenvalue weighted by Gasteiger charge is 2.31. The second-order valence-electron chi connectivity index (χ2n) is 4.73. The van der Waals surface area contributed by atoms with Crippen LogP contribution < -0.4 is 0 Å². The molecule has 0 aliphatic heterocycles. The van der Waals surface area contributed by atoms with Crippen molar-refractivity contribution in [3.8, 4) is 0 Å². The minimum absolute atomic E-state index is 0.134. The molecule has 1 aliphatic rings. The SMILES string of the molecule is O=C(O)C1CCC(c2cc3ccccc3s2)C1. The summed E-state index contributed by atoms with van der Waals surface area (Å²) < 4.78 is 1.31. The van der Waals surface area contributed by atoms with Gasteiger partial charge in [-0.2, -0.15) is 0 Å². The van der Waals surface area contributed by atoms with E-state index in [2.05, 4.69) is 24.3 Å². The van der Waals surface area contributed by atoms with Gasteiger partial charge in [0.05, 0.1) is 5.92 Å². The fraction of sp³-hybridized carbons (Fsp3) is 0.357. The molecule has 2 atom stereocenters. The van der Waals surface area contributed by atoms with E-state index in [4.69, 9.17) is 5.11 Å². The van der Waals surface area contributed by atoms with E-state index in [1.165, 1.54) is 15.0 Å². The van der Waals surface area contributed by atoms with Crippen LogP contribution in [0, 0.1) is 5.92 Å². The van der Waals surface area contributed by atoms with Crippen molar-refractivity contribution >= 4 is 27.4 Å². The molecular weight excluding hydrogens is 232 g/mol. The maximum absolute atomic E-state index is 11.0. The van der Waals surface area contributed by atoms with Gasteiger partial charge in [0.2, 0.25) is 0 Å². The van der Waals surface area contributed by atoms with Gasteiger partial charge in [-0.25, -0.2) is 0 Å². The van der Waals surface area contributed by atoms with E-state index < -0.39 is 5.97 Å². The molecule has 0 radical (unpaired) electrons. The lowest BCUT2D eigenvalue weighted by atomic mass is 10.0. The molecule has 2 unspecified atom stereocenters. The van der Waals surface area contributed by atoms with Crippen molar-refractivity contribution in [2.24, 2.45) is 5.92 Å². The monoisotopic (exact) mass is 246 g/mol. The Kier molecular flexibility index (Phi) is 2.63. The van der Waals surface area contributed by atoms with Crippen molar-refractivity contribution in [2.75, 3.05) is 0 Å². The van der Waals surface area contributed by atoms with Crippen molar-refractivity contribution in [1.82, 2.24) is 0 Å². The third kappa shape index (κ3) is 1.95. The number of hydrogen-bond donors (Lipinski definition) is 1. The summed E-state index contributed by atoms with van der Waals surface area (Å²) in [6.45, 7) is 0. The van der Waals surface area contributed by atoms with Gasteiger partial charge in [0.25, 0.3) is 0 Å². The zero-order valence-electron chi connectivity index (χ0n) is 9.43. The highest BCUT2D eigenvalue weighted by molar-refractivity contribution is 7.19. The summed E-state index contributed by atoms with van der Waals surface area (Å²) in [4.78, 5) is 12.3. The van der Waals surface area contributed by atoms with Crippen LogP contribution in [-0.4, -0.2) is 11.1 Å². The molecule has 1 aliphatic carbocycles. The zero-order chi connectivity index (χ0) is 11.8. The molecule has 1 heterocycles. The molecule has 1 aromatic heterocycles. The summed E-state index contributed by atoms with van der Waals surface area (Å²) in [5.41, 5.74) is 0. The average Bonchev–Trinajstić information content (AvgIpc) is 2.95. The van der Waals surface area contributed by atoms with Crippen LogP contribution in [0.5, 0.6) is 0 Å². The third-order valence-electron chi connectivity index (χ3n) is 3.63. The minimum atomic E-state index is -0.631. The van der Waals surface area contributed by atoms with E-state index in [1.54, 1.807) is 0 Å². The molecule has 1 aromatic carbocycles. The second kappa shape index (κ2) is 4.15. The van der Waals surface area contributed by atoms with Crippen LogP contribution in [0.15, 0.2) is 30.3 Å². The number of hydrogen-bond acceptors (Lipinski definition) is 2. The van der Waals surface area contributed by atoms with Gasteiger partial charge in [-0.15, -0.1) is 11.3 Å². The van der Waals surface area contributed by atoms with Crippen LogP contribution in [0.25, 0.3) is 10.1 Å². The largest absolute Gasteiger partial charge is 0.481 e. The summed E-state index contributed by atoms with van der Waals surface area (Å²) in [7, 11) is 0. The molecule has 0 amide bonds. The predicted molar refractivity (Wildman–Crippen MR) is 69.5 cm³/mol. The first-order chi connectivity index (χ1) is 8.24. The molecule has 0 bridgehead atoms. The summed E-state index contributed by atoms with van der Waals surface area (Å²) in [6, 6.07) is 10.6. The van der Waals surface area contributed by atoms with Gasteiger partial charge in [0.15, 0.2) is 0 Å². The Morgan fingerprint density at radius 3 is 2.82 bits per heavy atom. The average molecular weight is 246 g/mol. The van der Waals surface area contributed by atoms with Crippen molar-refractivity contribution in [1.29, 1.82) is 0 Å². The Balaban J connectivity index is 1.87. The van der Waals surface area contributed by atoms with Crippen molar-refractivity contribution in [3.63, 3.8) is 0 Å². The molecular formula is C14H14O2S. The van der Waals surface area contributed by atoms with Crippen LogP contribution in [0.2, 0.25) is 0 Å². The maximum Gasteiger partial charge on any atom is 0.306 e. The number of thiophene rings is 1. The first-order valence-electron chi connectivity index (χ1n) is 5.95. The summed E-state index contributed by atoms with van der Waals surface area (Å²) in [5, 5.41) is 10.3. The fourth-order valence-corrected chi connectivity index (χ4v) is 3.88. The highest BCUT2D eigenvalue weighted by Crippen LogP contribution is 2.42. The van der Waals surface area contributed by atoms with Crippen molar-refractivity contribution in [2.45, 2.75) is 25.2 Å². The lowest BCUT2D eigenvalue weighted by molar-refractivity contribution is -0.141. The molecule has 1 fully saturated rings. The highest BCUT2D eigenvalue weighted by atomic mass is 32.1. The number of benzene rings is 1. The van der Waals surface area contributed by atoms with Gasteiger partial charge < -0.3 is 5.11 Å². The molecule has 0 spiro atoms. The number of carboxylic acids is 1. The smallest absolute Gasteiger partial charge is 0.306 e. The second-order valence-corrected chi connectivity index (χ2v) is 5.85. The van der Waals surface area contributed by atoms with Gasteiger partial charge in [0.1, 0.15) is 0 Å². The summed E-state index contributed by atoms with van der Waals surface area (Å²) in [6.07, 6.45) is 2.65. The van der Waals surface area contributed by atoms with Crippen LogP contribution in [-0.2, 0) is 4.79 Å². The van der Waals surface area contributed by atoms with Crippen LogP contribution in [0.3, 0.4) is 0 Å². The molecule has 3 rings (SSSR count). The van der Waals surface area contributed by atoms with Crippen molar-refractivity contribution < 1.29 is 9.90 Å². The van der Waals surface area contributed by atoms with E-state index in [1.807, 2.05) is 17.4 Å². The van der Waals surface area contributed by atoms with E-state index in [0.29, 0.717) is 5.92 Å². The van der Waals surface area contributed by atoms with E-state index in [9.17, 15) is 4.79 Å². The van der Waals surface area contributed by atoms with Gasteiger partial charge in [-0.1, -0.05) is 18.2 Å². The normalized spacial score (nSPS) is 24.2. The Bertz CT molecular complexity index is 525. The van der Waals surface area contributed by atoms with E-state index in [-0.39, 0.29) is 5.92 Å². The fourth-order valence-electron chi connectivity index (χ4n) is 2.67. The van der Waals surface area contributed by atoms with Crippen LogP contribution in [0.1, 0.15) is 30.1 Å². The quantitative estimate of drug-likeness (QED) is 0.873. The number of rotatable bonds is 2. The summed E-state index contributed by atoms with van der Waals surface area (Å²) >= 11 is 1.82. The predicted octanol–water partition coefficient (Wildman–Crippen LogP) is 3.87. The summed E-state index contributed by atoms with van der Waals surface area (Å²) in [5.74, 6) is -0.313. The van der Waals surface area contributed by atoms with E-state index in [0.717, 1.165) is 19.3 Å². The zero-order valence-corrected chi connectivity index (χ0v) is 10.2. The molecule has 88 valence electrons. The standard InChI is InChI=1S/C14H14O2S/c15-14(16)11-6-5-10(7-11)13-8-9-3-1-2-4-12(9)17-13/h1-4,8,10-11H,5-7H2,(H,15,16). The first-order valence-corrected chi connectivity index (χ1v) is 6.77. The van der Waals surface area contributed by atoms with Gasteiger partial charge in [0, 0.05) is 9.58 Å². The number of aliphatic carboxylic acids is 1. The molecule has 1 N–H and O–H groups in total. The topological polar surface area (TPSA) is 37.3 Å². The number of fused-ring (bicyclic) bond motifs is 1. The minimum Gasteiger partial charge on any atom is -0.481 e. The Morgan fingerprint density at radius 1 is 1.29 bits per heavy atom. The van der Waals surface area contributed by atoms with Gasteiger partial charge in [-0.05, 0) is 42.7 Å². The molecule has 0 saturated heterocycles. The molecule has 2 aromatic rings.